The molecule has 0 bridgehead atoms. The highest BCUT2D eigenvalue weighted by atomic mass is 32.1. The van der Waals surface area contributed by atoms with E-state index in [1.54, 1.807) is 12.1 Å². The van der Waals surface area contributed by atoms with E-state index in [2.05, 4.69) is 15.6 Å². The van der Waals surface area contributed by atoms with Crippen LogP contribution in [0.3, 0.4) is 0 Å². The van der Waals surface area contributed by atoms with E-state index in [0.29, 0.717) is 17.5 Å². The van der Waals surface area contributed by atoms with Gasteiger partial charge in [-0.05, 0) is 36.0 Å². The second-order valence-corrected chi connectivity index (χ2v) is 4.50. The van der Waals surface area contributed by atoms with Crippen LogP contribution in [0, 0.1) is 15.9 Å². The van der Waals surface area contributed by atoms with Crippen LogP contribution >= 0.6 is 12.2 Å². The van der Waals surface area contributed by atoms with Crippen molar-refractivity contribution in [2.24, 2.45) is 0 Å². The Bertz CT molecular complexity index is 646. The average molecular weight is 306 g/mol. The van der Waals surface area contributed by atoms with Gasteiger partial charge < -0.3 is 10.6 Å². The molecule has 0 atom stereocenters. The molecule has 6 nitrogen and oxygen atoms in total. The van der Waals surface area contributed by atoms with Crippen LogP contribution in [-0.4, -0.2) is 15.0 Å². The zero-order valence-electron chi connectivity index (χ0n) is 10.7. The first kappa shape index (κ1) is 14.8. The third-order valence-electron chi connectivity index (χ3n) is 2.57. The Morgan fingerprint density at radius 1 is 1.29 bits per heavy atom. The standard InChI is InChI=1S/C13H11FN4O2S/c14-10-3-1-9(2-4-10)7-16-13(21)17-12-6-5-11(8-15-12)18(19)20/h1-6,8H,7H2,(H2,15,16,17,21). The Morgan fingerprint density at radius 3 is 2.57 bits per heavy atom. The fraction of sp³-hybridized carbons (Fsp3) is 0.0769. The number of aromatic nitrogens is 1. The first-order valence-corrected chi connectivity index (χ1v) is 6.35. The highest BCUT2D eigenvalue weighted by Crippen LogP contribution is 2.11. The van der Waals surface area contributed by atoms with Crippen molar-refractivity contribution in [1.29, 1.82) is 0 Å². The maximum atomic E-state index is 12.7. The lowest BCUT2D eigenvalue weighted by Crippen LogP contribution is -2.28. The summed E-state index contributed by atoms with van der Waals surface area (Å²) in [5.41, 5.74) is 0.781. The molecule has 0 aliphatic heterocycles. The fourth-order valence-electron chi connectivity index (χ4n) is 1.51. The molecule has 0 saturated heterocycles. The molecular formula is C13H11FN4O2S. The molecule has 0 spiro atoms. The molecular weight excluding hydrogens is 295 g/mol. The monoisotopic (exact) mass is 306 g/mol. The van der Waals surface area contributed by atoms with E-state index < -0.39 is 4.92 Å². The summed E-state index contributed by atoms with van der Waals surface area (Å²) in [5, 5.41) is 16.5. The second-order valence-electron chi connectivity index (χ2n) is 4.09. The van der Waals surface area contributed by atoms with Crippen LogP contribution in [0.5, 0.6) is 0 Å². The fourth-order valence-corrected chi connectivity index (χ4v) is 1.69. The lowest BCUT2D eigenvalue weighted by molar-refractivity contribution is -0.385. The van der Waals surface area contributed by atoms with Crippen LogP contribution in [0.15, 0.2) is 42.6 Å². The van der Waals surface area contributed by atoms with E-state index in [1.165, 1.54) is 24.3 Å². The van der Waals surface area contributed by atoms with E-state index in [0.717, 1.165) is 11.8 Å². The lowest BCUT2D eigenvalue weighted by Gasteiger charge is -2.09. The van der Waals surface area contributed by atoms with Crippen molar-refractivity contribution in [2.45, 2.75) is 6.54 Å². The van der Waals surface area contributed by atoms with Crippen molar-refractivity contribution in [2.75, 3.05) is 5.32 Å². The summed E-state index contributed by atoms with van der Waals surface area (Å²) in [6.45, 7) is 0.430. The van der Waals surface area contributed by atoms with Crippen molar-refractivity contribution in [1.82, 2.24) is 10.3 Å². The third kappa shape index (κ3) is 4.46. The molecule has 0 amide bonds. The topological polar surface area (TPSA) is 80.1 Å². The molecule has 0 aliphatic carbocycles. The number of nitrogens with zero attached hydrogens (tertiary/aromatic N) is 2. The minimum atomic E-state index is -0.526. The van der Waals surface area contributed by atoms with Gasteiger partial charge in [-0.1, -0.05) is 12.1 Å². The number of hydrogen-bond acceptors (Lipinski definition) is 4. The van der Waals surface area contributed by atoms with Gasteiger partial charge in [0.25, 0.3) is 5.69 Å². The quantitative estimate of drug-likeness (QED) is 0.513. The zero-order chi connectivity index (χ0) is 15.2. The van der Waals surface area contributed by atoms with Crippen LogP contribution in [0.1, 0.15) is 5.56 Å². The van der Waals surface area contributed by atoms with Crippen molar-refractivity contribution < 1.29 is 9.31 Å². The van der Waals surface area contributed by atoms with Gasteiger partial charge in [0.05, 0.1) is 4.92 Å². The second kappa shape index (κ2) is 6.71. The van der Waals surface area contributed by atoms with Crippen molar-refractivity contribution in [3.63, 3.8) is 0 Å². The van der Waals surface area contributed by atoms with Crippen molar-refractivity contribution in [3.05, 3.63) is 64.1 Å². The number of benzene rings is 1. The lowest BCUT2D eigenvalue weighted by atomic mass is 10.2. The van der Waals surface area contributed by atoms with Gasteiger partial charge >= 0.3 is 0 Å². The minimum Gasteiger partial charge on any atom is -0.358 e. The first-order valence-electron chi connectivity index (χ1n) is 5.94. The number of anilines is 1. The van der Waals surface area contributed by atoms with Crippen molar-refractivity contribution >= 4 is 28.8 Å². The van der Waals surface area contributed by atoms with Gasteiger partial charge in [0.2, 0.25) is 0 Å². The molecule has 1 aromatic heterocycles. The largest absolute Gasteiger partial charge is 0.358 e. The van der Waals surface area contributed by atoms with Crippen LogP contribution in [-0.2, 0) is 6.54 Å². The van der Waals surface area contributed by atoms with E-state index in [9.17, 15) is 14.5 Å². The molecule has 8 heteroatoms. The number of thiocarbonyl (C=S) groups is 1. The molecule has 108 valence electrons. The molecule has 0 unspecified atom stereocenters. The summed E-state index contributed by atoms with van der Waals surface area (Å²) in [5.74, 6) is 0.103. The predicted octanol–water partition coefficient (Wildman–Crippen LogP) is 2.62. The van der Waals surface area contributed by atoms with E-state index in [-0.39, 0.29) is 11.5 Å². The molecule has 2 rings (SSSR count). The van der Waals surface area contributed by atoms with E-state index in [1.807, 2.05) is 0 Å². The third-order valence-corrected chi connectivity index (χ3v) is 2.81. The maximum absolute atomic E-state index is 12.7. The highest BCUT2D eigenvalue weighted by Gasteiger charge is 2.06. The molecule has 1 heterocycles. The summed E-state index contributed by atoms with van der Waals surface area (Å²) in [6, 6.07) is 8.82. The van der Waals surface area contributed by atoms with Gasteiger partial charge in [-0.25, -0.2) is 9.37 Å². The summed E-state index contributed by atoms with van der Waals surface area (Å²) in [7, 11) is 0. The first-order chi connectivity index (χ1) is 10.0. The number of hydrogen-bond donors (Lipinski definition) is 2. The Balaban J connectivity index is 1.86. The number of rotatable bonds is 4. The Morgan fingerprint density at radius 2 is 2.00 bits per heavy atom. The number of pyridine rings is 1. The zero-order valence-corrected chi connectivity index (χ0v) is 11.6. The molecule has 2 aromatic rings. The normalized spacial score (nSPS) is 9.95. The predicted molar refractivity (Wildman–Crippen MR) is 80.4 cm³/mol. The number of halogens is 1. The number of nitrogens with one attached hydrogen (secondary N) is 2. The van der Waals surface area contributed by atoms with Gasteiger partial charge in [-0.3, -0.25) is 10.1 Å². The van der Waals surface area contributed by atoms with Gasteiger partial charge in [0, 0.05) is 12.6 Å². The Hall–Kier alpha value is -2.61. The maximum Gasteiger partial charge on any atom is 0.287 e. The molecule has 0 aliphatic rings. The van der Waals surface area contributed by atoms with Crippen LogP contribution in [0.2, 0.25) is 0 Å². The van der Waals surface area contributed by atoms with E-state index >= 15 is 0 Å². The number of nitro groups is 1. The summed E-state index contributed by atoms with van der Waals surface area (Å²) < 4.78 is 12.7. The summed E-state index contributed by atoms with van der Waals surface area (Å²) in [4.78, 5) is 13.8. The molecule has 21 heavy (non-hydrogen) atoms. The molecule has 2 N–H and O–H groups in total. The molecule has 0 fully saturated rings. The van der Waals surface area contributed by atoms with Crippen LogP contribution < -0.4 is 10.6 Å². The SMILES string of the molecule is O=[N+]([O-])c1ccc(NC(=S)NCc2ccc(F)cc2)nc1. The minimum absolute atomic E-state index is 0.0919. The van der Waals surface area contributed by atoms with Crippen LogP contribution in [0.25, 0.3) is 0 Å². The molecule has 0 saturated carbocycles. The summed E-state index contributed by atoms with van der Waals surface area (Å²) in [6.07, 6.45) is 1.14. The van der Waals surface area contributed by atoms with Gasteiger partial charge in [-0.2, -0.15) is 0 Å². The Kier molecular flexibility index (Phi) is 4.72. The van der Waals surface area contributed by atoms with Gasteiger partial charge in [-0.15, -0.1) is 0 Å². The Labute approximate surface area is 125 Å². The molecule has 1 aromatic carbocycles. The van der Waals surface area contributed by atoms with Gasteiger partial charge in [0.1, 0.15) is 17.8 Å². The van der Waals surface area contributed by atoms with Crippen molar-refractivity contribution in [3.8, 4) is 0 Å². The smallest absolute Gasteiger partial charge is 0.287 e. The van der Waals surface area contributed by atoms with Crippen LogP contribution in [0.4, 0.5) is 15.9 Å². The molecule has 0 radical (unpaired) electrons. The highest BCUT2D eigenvalue weighted by molar-refractivity contribution is 7.80. The van der Waals surface area contributed by atoms with E-state index in [4.69, 9.17) is 12.2 Å². The average Bonchev–Trinajstić information content (AvgIpc) is 2.47. The summed E-state index contributed by atoms with van der Waals surface area (Å²) >= 11 is 5.08. The van der Waals surface area contributed by atoms with Gasteiger partial charge in [0.15, 0.2) is 5.11 Å².